The summed E-state index contributed by atoms with van der Waals surface area (Å²) in [7, 11) is 0. The Bertz CT molecular complexity index is 346. The molecule has 0 aromatic carbocycles. The summed E-state index contributed by atoms with van der Waals surface area (Å²) < 4.78 is 0. The van der Waals surface area contributed by atoms with Crippen molar-refractivity contribution in [1.82, 2.24) is 10.6 Å². The molecule has 0 aromatic rings. The number of carbonyl (C=O) groups is 1. The van der Waals surface area contributed by atoms with Crippen molar-refractivity contribution in [3.8, 4) is 0 Å². The molecule has 3 N–H and O–H groups in total. The lowest BCUT2D eigenvalue weighted by Crippen LogP contribution is -2.36. The van der Waals surface area contributed by atoms with Crippen LogP contribution < -0.4 is 10.6 Å². The number of rotatable bonds is 16. The van der Waals surface area contributed by atoms with E-state index in [0.717, 1.165) is 63.1 Å². The van der Waals surface area contributed by atoms with Crippen LogP contribution in [0.2, 0.25) is 0 Å². The van der Waals surface area contributed by atoms with Crippen LogP contribution in [0.4, 0.5) is 0 Å². The van der Waals surface area contributed by atoms with Gasteiger partial charge in [-0.2, -0.15) is 0 Å². The number of nitrogens with one attached hydrogen (secondary N) is 2. The van der Waals surface area contributed by atoms with Gasteiger partial charge in [-0.3, -0.25) is 4.79 Å². The first-order valence-corrected chi connectivity index (χ1v) is 9.96. The molecule has 5 heteroatoms. The highest BCUT2D eigenvalue weighted by atomic mass is 32.1. The summed E-state index contributed by atoms with van der Waals surface area (Å²) in [6.45, 7) is 4.11. The van der Waals surface area contributed by atoms with Crippen molar-refractivity contribution in [3.63, 3.8) is 0 Å². The molecule has 0 atom stereocenters. The lowest BCUT2D eigenvalue weighted by molar-refractivity contribution is -0.137. The molecule has 0 bridgehead atoms. The molecule has 0 rings (SSSR count). The summed E-state index contributed by atoms with van der Waals surface area (Å²) in [6.07, 6.45) is 17.2. The van der Waals surface area contributed by atoms with Crippen LogP contribution in [0.1, 0.15) is 84.0 Å². The van der Waals surface area contributed by atoms with Crippen LogP contribution in [0.5, 0.6) is 0 Å². The Morgan fingerprint density at radius 2 is 1.42 bits per heavy atom. The second-order valence-corrected chi connectivity index (χ2v) is 6.61. The van der Waals surface area contributed by atoms with Crippen molar-refractivity contribution in [1.29, 1.82) is 0 Å². The number of carboxylic acids is 1. The topological polar surface area (TPSA) is 61.4 Å². The van der Waals surface area contributed by atoms with E-state index >= 15 is 0 Å². The SMILES string of the molecule is CCCCCNC(=S)NCCCC/C=C\CCCCCCC(=O)O. The highest BCUT2D eigenvalue weighted by molar-refractivity contribution is 7.80. The summed E-state index contributed by atoms with van der Waals surface area (Å²) in [5.74, 6) is -0.683. The van der Waals surface area contributed by atoms with E-state index < -0.39 is 5.97 Å². The third-order valence-corrected chi connectivity index (χ3v) is 4.12. The van der Waals surface area contributed by atoms with Gasteiger partial charge in [0.2, 0.25) is 0 Å². The van der Waals surface area contributed by atoms with Crippen molar-refractivity contribution in [2.45, 2.75) is 84.0 Å². The minimum Gasteiger partial charge on any atom is -0.481 e. The van der Waals surface area contributed by atoms with Crippen LogP contribution >= 0.6 is 12.2 Å². The van der Waals surface area contributed by atoms with Gasteiger partial charge in [-0.1, -0.05) is 44.8 Å². The first-order valence-electron chi connectivity index (χ1n) is 9.55. The Labute approximate surface area is 153 Å². The molecule has 0 saturated heterocycles. The average molecular weight is 357 g/mol. The number of thiocarbonyl (C=S) groups is 1. The fourth-order valence-electron chi connectivity index (χ4n) is 2.36. The van der Waals surface area contributed by atoms with Crippen molar-refractivity contribution in [2.24, 2.45) is 0 Å². The number of hydrogen-bond acceptors (Lipinski definition) is 2. The van der Waals surface area contributed by atoms with E-state index in [1.165, 1.54) is 25.7 Å². The Balaban J connectivity index is 3.23. The van der Waals surface area contributed by atoms with Crippen molar-refractivity contribution in [3.05, 3.63) is 12.2 Å². The monoisotopic (exact) mass is 356 g/mol. The molecule has 0 fully saturated rings. The fourth-order valence-corrected chi connectivity index (χ4v) is 2.56. The lowest BCUT2D eigenvalue weighted by atomic mass is 10.1. The van der Waals surface area contributed by atoms with Crippen LogP contribution in [0.25, 0.3) is 0 Å². The summed E-state index contributed by atoms with van der Waals surface area (Å²) in [5.41, 5.74) is 0. The molecule has 0 aliphatic carbocycles. The Morgan fingerprint density at radius 1 is 0.875 bits per heavy atom. The summed E-state index contributed by atoms with van der Waals surface area (Å²) >= 11 is 5.23. The van der Waals surface area contributed by atoms with E-state index in [9.17, 15) is 4.79 Å². The van der Waals surface area contributed by atoms with E-state index in [2.05, 4.69) is 29.7 Å². The summed E-state index contributed by atoms with van der Waals surface area (Å²) in [5, 5.41) is 15.8. The van der Waals surface area contributed by atoms with E-state index in [-0.39, 0.29) is 0 Å². The minimum absolute atomic E-state index is 0.307. The normalized spacial score (nSPS) is 10.9. The molecule has 0 saturated carbocycles. The maximum absolute atomic E-state index is 10.4. The zero-order chi connectivity index (χ0) is 17.9. The van der Waals surface area contributed by atoms with Gasteiger partial charge in [-0.15, -0.1) is 0 Å². The first kappa shape index (κ1) is 22.9. The first-order chi connectivity index (χ1) is 11.7. The smallest absolute Gasteiger partial charge is 0.303 e. The predicted octanol–water partition coefficient (Wildman–Crippen LogP) is 4.79. The van der Waals surface area contributed by atoms with Crippen LogP contribution in [0.3, 0.4) is 0 Å². The van der Waals surface area contributed by atoms with Gasteiger partial charge >= 0.3 is 5.97 Å². The number of allylic oxidation sites excluding steroid dienone is 2. The van der Waals surface area contributed by atoms with Gasteiger partial charge in [0.15, 0.2) is 5.11 Å². The average Bonchev–Trinajstić information content (AvgIpc) is 2.55. The van der Waals surface area contributed by atoms with Crippen LogP contribution in [-0.4, -0.2) is 29.3 Å². The van der Waals surface area contributed by atoms with Crippen LogP contribution in [-0.2, 0) is 4.79 Å². The second-order valence-electron chi connectivity index (χ2n) is 6.20. The molecule has 0 radical (unpaired) electrons. The second kappa shape index (κ2) is 18.2. The van der Waals surface area contributed by atoms with Crippen molar-refractivity contribution < 1.29 is 9.90 Å². The third-order valence-electron chi connectivity index (χ3n) is 3.83. The molecule has 140 valence electrons. The lowest BCUT2D eigenvalue weighted by Gasteiger charge is -2.09. The molecule has 24 heavy (non-hydrogen) atoms. The van der Waals surface area contributed by atoms with Crippen LogP contribution in [0, 0.1) is 0 Å². The molecule has 0 aliphatic rings. The maximum atomic E-state index is 10.4. The van der Waals surface area contributed by atoms with Gasteiger partial charge in [-0.05, 0) is 57.2 Å². The number of aliphatic carboxylic acids is 1. The highest BCUT2D eigenvalue weighted by Crippen LogP contribution is 2.06. The summed E-state index contributed by atoms with van der Waals surface area (Å²) in [6, 6.07) is 0. The van der Waals surface area contributed by atoms with E-state index in [4.69, 9.17) is 17.3 Å². The zero-order valence-electron chi connectivity index (χ0n) is 15.3. The Kier molecular flexibility index (Phi) is 17.4. The van der Waals surface area contributed by atoms with Gasteiger partial charge in [0.1, 0.15) is 0 Å². The minimum atomic E-state index is -0.683. The Hall–Kier alpha value is -1.10. The molecule has 0 aliphatic heterocycles. The molecule has 0 amide bonds. The quantitative estimate of drug-likeness (QED) is 0.211. The van der Waals surface area contributed by atoms with E-state index in [1.54, 1.807) is 0 Å². The van der Waals surface area contributed by atoms with E-state index in [1.807, 2.05) is 0 Å². The Morgan fingerprint density at radius 3 is 2.00 bits per heavy atom. The molecule has 0 spiro atoms. The maximum Gasteiger partial charge on any atom is 0.303 e. The van der Waals surface area contributed by atoms with Crippen LogP contribution in [0.15, 0.2) is 12.2 Å². The number of hydrogen-bond donors (Lipinski definition) is 3. The van der Waals surface area contributed by atoms with Gasteiger partial charge in [0.25, 0.3) is 0 Å². The largest absolute Gasteiger partial charge is 0.481 e. The standard InChI is InChI=1S/C19H36N2O2S/c1-2-3-13-16-20-19(24)21-17-14-11-9-7-5-4-6-8-10-12-15-18(22)23/h5,7H,2-4,6,8-17H2,1H3,(H,22,23)(H2,20,21,24)/b7-5-. The third kappa shape index (κ3) is 18.9. The predicted molar refractivity (Wildman–Crippen MR) is 106 cm³/mol. The van der Waals surface area contributed by atoms with Crippen molar-refractivity contribution >= 4 is 23.3 Å². The molecule has 0 heterocycles. The fraction of sp³-hybridized carbons (Fsp3) is 0.789. The number of unbranched alkanes of at least 4 members (excludes halogenated alkanes) is 8. The van der Waals surface area contributed by atoms with Gasteiger partial charge in [0, 0.05) is 19.5 Å². The highest BCUT2D eigenvalue weighted by Gasteiger charge is 1.96. The molecule has 4 nitrogen and oxygen atoms in total. The molecular weight excluding hydrogens is 320 g/mol. The number of carboxylic acid groups (broad SMARTS) is 1. The molecule has 0 aromatic heterocycles. The molecule has 0 unspecified atom stereocenters. The summed E-state index contributed by atoms with van der Waals surface area (Å²) in [4.78, 5) is 10.4. The van der Waals surface area contributed by atoms with Gasteiger partial charge < -0.3 is 15.7 Å². The molecular formula is C19H36N2O2S. The van der Waals surface area contributed by atoms with E-state index in [0.29, 0.717) is 6.42 Å². The van der Waals surface area contributed by atoms with Gasteiger partial charge in [0.05, 0.1) is 0 Å². The van der Waals surface area contributed by atoms with Gasteiger partial charge in [-0.25, -0.2) is 0 Å². The van der Waals surface area contributed by atoms with Crippen molar-refractivity contribution in [2.75, 3.05) is 13.1 Å². The zero-order valence-corrected chi connectivity index (χ0v) is 16.1.